The standard InChI is InChI=1S/C18H29N/c1-18(2,3)16-12-8-14(9-13-16)6-5-7-17(19-4)15-10-11-15/h8-9,12-13,15,17,19H,5-7,10-11H2,1-4H3. The van der Waals surface area contributed by atoms with Crippen LogP contribution in [0.15, 0.2) is 24.3 Å². The molecule has 0 aromatic heterocycles. The van der Waals surface area contributed by atoms with Crippen molar-refractivity contribution in [2.24, 2.45) is 5.92 Å². The Labute approximate surface area is 118 Å². The van der Waals surface area contributed by atoms with Gasteiger partial charge in [0.25, 0.3) is 0 Å². The fourth-order valence-electron chi connectivity index (χ4n) is 2.81. The summed E-state index contributed by atoms with van der Waals surface area (Å²) in [5.41, 5.74) is 3.18. The quantitative estimate of drug-likeness (QED) is 0.803. The van der Waals surface area contributed by atoms with Crippen molar-refractivity contribution in [3.05, 3.63) is 35.4 Å². The molecule has 2 rings (SSSR count). The molecule has 1 aromatic carbocycles. The average Bonchev–Trinajstić information content (AvgIpc) is 3.18. The smallest absolute Gasteiger partial charge is 0.00924 e. The number of hydrogen-bond acceptors (Lipinski definition) is 1. The highest BCUT2D eigenvalue weighted by molar-refractivity contribution is 5.27. The van der Waals surface area contributed by atoms with Crippen LogP contribution >= 0.6 is 0 Å². The van der Waals surface area contributed by atoms with E-state index in [1.807, 2.05) is 0 Å². The molecule has 1 aliphatic carbocycles. The molecule has 1 fully saturated rings. The monoisotopic (exact) mass is 259 g/mol. The molecule has 1 unspecified atom stereocenters. The highest BCUT2D eigenvalue weighted by Crippen LogP contribution is 2.34. The maximum absolute atomic E-state index is 3.48. The van der Waals surface area contributed by atoms with Crippen molar-refractivity contribution in [1.29, 1.82) is 0 Å². The maximum atomic E-state index is 3.48. The first kappa shape index (κ1) is 14.6. The molecule has 0 spiro atoms. The van der Waals surface area contributed by atoms with Crippen LogP contribution in [-0.4, -0.2) is 13.1 Å². The van der Waals surface area contributed by atoms with E-state index in [9.17, 15) is 0 Å². The molecule has 1 heteroatoms. The minimum absolute atomic E-state index is 0.266. The van der Waals surface area contributed by atoms with Crippen molar-refractivity contribution >= 4 is 0 Å². The van der Waals surface area contributed by atoms with E-state index in [-0.39, 0.29) is 5.41 Å². The van der Waals surface area contributed by atoms with Gasteiger partial charge < -0.3 is 5.32 Å². The SMILES string of the molecule is CNC(CCCc1ccc(C(C)(C)C)cc1)C1CC1. The summed E-state index contributed by atoms with van der Waals surface area (Å²) >= 11 is 0. The van der Waals surface area contributed by atoms with E-state index >= 15 is 0 Å². The largest absolute Gasteiger partial charge is 0.317 e. The number of nitrogens with one attached hydrogen (secondary N) is 1. The third kappa shape index (κ3) is 4.35. The van der Waals surface area contributed by atoms with E-state index in [4.69, 9.17) is 0 Å². The minimum atomic E-state index is 0.266. The van der Waals surface area contributed by atoms with Crippen LogP contribution in [0.3, 0.4) is 0 Å². The van der Waals surface area contributed by atoms with E-state index in [0.717, 1.165) is 12.0 Å². The van der Waals surface area contributed by atoms with Crippen LogP contribution in [0.2, 0.25) is 0 Å². The molecule has 0 amide bonds. The summed E-state index contributed by atoms with van der Waals surface area (Å²) in [5, 5.41) is 3.48. The van der Waals surface area contributed by atoms with Gasteiger partial charge >= 0.3 is 0 Å². The summed E-state index contributed by atoms with van der Waals surface area (Å²) in [6.07, 6.45) is 6.71. The second kappa shape index (κ2) is 6.09. The number of rotatable bonds is 6. The second-order valence-corrected chi connectivity index (χ2v) is 7.07. The molecule has 19 heavy (non-hydrogen) atoms. The summed E-state index contributed by atoms with van der Waals surface area (Å²) in [5.74, 6) is 0.966. The van der Waals surface area contributed by atoms with E-state index < -0.39 is 0 Å². The van der Waals surface area contributed by atoms with E-state index in [1.54, 1.807) is 0 Å². The van der Waals surface area contributed by atoms with Crippen LogP contribution in [0.5, 0.6) is 0 Å². The van der Waals surface area contributed by atoms with Gasteiger partial charge in [0.15, 0.2) is 0 Å². The zero-order chi connectivity index (χ0) is 13.9. The molecule has 1 atom stereocenters. The lowest BCUT2D eigenvalue weighted by Crippen LogP contribution is -2.27. The molecular weight excluding hydrogens is 230 g/mol. The summed E-state index contributed by atoms with van der Waals surface area (Å²) in [4.78, 5) is 0. The van der Waals surface area contributed by atoms with Crippen LogP contribution in [0.25, 0.3) is 0 Å². The predicted molar refractivity (Wildman–Crippen MR) is 83.7 cm³/mol. The summed E-state index contributed by atoms with van der Waals surface area (Å²) in [6.45, 7) is 6.82. The van der Waals surface area contributed by atoms with Crippen molar-refractivity contribution in [1.82, 2.24) is 5.32 Å². The Hall–Kier alpha value is -0.820. The molecule has 1 nitrogen and oxygen atoms in total. The number of benzene rings is 1. The lowest BCUT2D eigenvalue weighted by Gasteiger charge is -2.19. The first-order chi connectivity index (χ1) is 9.00. The van der Waals surface area contributed by atoms with Crippen LogP contribution in [0.4, 0.5) is 0 Å². The topological polar surface area (TPSA) is 12.0 Å². The van der Waals surface area contributed by atoms with Gasteiger partial charge in [-0.2, -0.15) is 0 Å². The van der Waals surface area contributed by atoms with Crippen LogP contribution in [0.1, 0.15) is 57.6 Å². The van der Waals surface area contributed by atoms with Gasteiger partial charge in [-0.05, 0) is 61.6 Å². The van der Waals surface area contributed by atoms with Crippen molar-refractivity contribution < 1.29 is 0 Å². The Kier molecular flexibility index (Phi) is 4.67. The van der Waals surface area contributed by atoms with Crippen LogP contribution in [-0.2, 0) is 11.8 Å². The molecule has 1 aliphatic rings. The Morgan fingerprint density at radius 1 is 1.16 bits per heavy atom. The second-order valence-electron chi connectivity index (χ2n) is 7.07. The van der Waals surface area contributed by atoms with Crippen molar-refractivity contribution in [3.63, 3.8) is 0 Å². The van der Waals surface area contributed by atoms with Crippen molar-refractivity contribution in [2.45, 2.75) is 64.3 Å². The van der Waals surface area contributed by atoms with Gasteiger partial charge in [0.1, 0.15) is 0 Å². The fraction of sp³-hybridized carbons (Fsp3) is 0.667. The lowest BCUT2D eigenvalue weighted by atomic mass is 9.86. The minimum Gasteiger partial charge on any atom is -0.317 e. The third-order valence-electron chi connectivity index (χ3n) is 4.36. The molecular formula is C18H29N. The Balaban J connectivity index is 1.79. The normalized spacial score (nSPS) is 17.5. The molecule has 106 valence electrons. The summed E-state index contributed by atoms with van der Waals surface area (Å²) in [7, 11) is 2.11. The molecule has 1 N–H and O–H groups in total. The van der Waals surface area contributed by atoms with Gasteiger partial charge in [0.05, 0.1) is 0 Å². The highest BCUT2D eigenvalue weighted by atomic mass is 14.9. The summed E-state index contributed by atoms with van der Waals surface area (Å²) < 4.78 is 0. The molecule has 0 aliphatic heterocycles. The van der Waals surface area contributed by atoms with Crippen molar-refractivity contribution in [3.8, 4) is 0 Å². The van der Waals surface area contributed by atoms with E-state index in [2.05, 4.69) is 57.4 Å². The van der Waals surface area contributed by atoms with Crippen molar-refractivity contribution in [2.75, 3.05) is 7.05 Å². The Morgan fingerprint density at radius 2 is 1.79 bits per heavy atom. The van der Waals surface area contributed by atoms with Crippen LogP contribution in [0, 0.1) is 5.92 Å². The van der Waals surface area contributed by atoms with Gasteiger partial charge in [0, 0.05) is 6.04 Å². The Bertz CT molecular complexity index is 381. The first-order valence-electron chi connectivity index (χ1n) is 7.77. The lowest BCUT2D eigenvalue weighted by molar-refractivity contribution is 0.456. The maximum Gasteiger partial charge on any atom is 0.00924 e. The van der Waals surface area contributed by atoms with E-state index in [0.29, 0.717) is 0 Å². The zero-order valence-corrected chi connectivity index (χ0v) is 13.0. The summed E-state index contributed by atoms with van der Waals surface area (Å²) in [6, 6.07) is 9.98. The van der Waals surface area contributed by atoms with E-state index in [1.165, 1.54) is 43.2 Å². The molecule has 0 heterocycles. The molecule has 0 saturated heterocycles. The predicted octanol–water partition coefficient (Wildman–Crippen LogP) is 4.30. The van der Waals surface area contributed by atoms with Gasteiger partial charge in [0.2, 0.25) is 0 Å². The van der Waals surface area contributed by atoms with Gasteiger partial charge in [-0.15, -0.1) is 0 Å². The van der Waals surface area contributed by atoms with Gasteiger partial charge in [-0.25, -0.2) is 0 Å². The Morgan fingerprint density at radius 3 is 2.26 bits per heavy atom. The van der Waals surface area contributed by atoms with Gasteiger partial charge in [-0.1, -0.05) is 45.0 Å². The number of aryl methyl sites for hydroxylation is 1. The number of hydrogen-bond donors (Lipinski definition) is 1. The molecule has 0 bridgehead atoms. The van der Waals surface area contributed by atoms with Gasteiger partial charge in [-0.3, -0.25) is 0 Å². The highest BCUT2D eigenvalue weighted by Gasteiger charge is 2.29. The molecule has 0 radical (unpaired) electrons. The third-order valence-corrected chi connectivity index (χ3v) is 4.36. The van der Waals surface area contributed by atoms with Crippen LogP contribution < -0.4 is 5.32 Å². The molecule has 1 saturated carbocycles. The fourth-order valence-corrected chi connectivity index (χ4v) is 2.81. The first-order valence-corrected chi connectivity index (χ1v) is 7.77. The zero-order valence-electron chi connectivity index (χ0n) is 13.0. The molecule has 1 aromatic rings. The average molecular weight is 259 g/mol.